The topological polar surface area (TPSA) is 89.3 Å². The average molecular weight is 272 g/mol. The molecule has 6 heteroatoms. The zero-order valence-electron chi connectivity index (χ0n) is 11.1. The second kappa shape index (κ2) is 6.42. The number of hydrogen-bond donors (Lipinski definition) is 3. The van der Waals surface area contributed by atoms with E-state index in [0.717, 1.165) is 11.3 Å². The summed E-state index contributed by atoms with van der Waals surface area (Å²) >= 11 is 0. The number of nitrogens with zero attached hydrogens (tertiary/aromatic N) is 1. The van der Waals surface area contributed by atoms with Gasteiger partial charge in [-0.3, -0.25) is 0 Å². The van der Waals surface area contributed by atoms with Crippen LogP contribution in [-0.2, 0) is 6.54 Å². The number of amides is 2. The molecule has 0 bridgehead atoms. The van der Waals surface area contributed by atoms with Gasteiger partial charge in [-0.2, -0.15) is 0 Å². The second-order valence-corrected chi connectivity index (χ2v) is 4.13. The minimum absolute atomic E-state index is 0.574. The first-order valence-electron chi connectivity index (χ1n) is 6.06. The van der Waals surface area contributed by atoms with Crippen molar-refractivity contribution in [2.75, 3.05) is 17.7 Å². The maximum absolute atomic E-state index is 10.7. The predicted octanol–water partition coefficient (Wildman–Crippen LogP) is 2.19. The van der Waals surface area contributed by atoms with Gasteiger partial charge in [-0.15, -0.1) is 0 Å². The van der Waals surface area contributed by atoms with Gasteiger partial charge in [0.1, 0.15) is 0 Å². The molecule has 1 aromatic heterocycles. The number of aromatic nitrogens is 1. The molecule has 4 N–H and O–H groups in total. The van der Waals surface area contributed by atoms with Gasteiger partial charge in [-0.25, -0.2) is 9.78 Å². The van der Waals surface area contributed by atoms with Crippen LogP contribution >= 0.6 is 0 Å². The third-order valence-corrected chi connectivity index (χ3v) is 2.66. The summed E-state index contributed by atoms with van der Waals surface area (Å²) in [5, 5.41) is 5.76. The van der Waals surface area contributed by atoms with Crippen molar-refractivity contribution in [3.05, 3.63) is 48.2 Å². The number of methoxy groups -OCH3 is 1. The molecule has 0 radical (unpaired) electrons. The van der Waals surface area contributed by atoms with Gasteiger partial charge >= 0.3 is 6.03 Å². The minimum Gasteiger partial charge on any atom is -0.481 e. The second-order valence-electron chi connectivity index (χ2n) is 4.13. The molecule has 2 aromatic rings. The highest BCUT2D eigenvalue weighted by molar-refractivity contribution is 5.87. The molecule has 1 aromatic carbocycles. The van der Waals surface area contributed by atoms with Crippen LogP contribution in [-0.4, -0.2) is 18.1 Å². The standard InChI is InChI=1S/C14H16N4O2/c1-20-13-7-2-10(9-17-13)8-16-11-3-5-12(6-4-11)18-14(15)19/h2-7,9,16H,8H2,1H3,(H3,15,18,19). The zero-order chi connectivity index (χ0) is 14.4. The highest BCUT2D eigenvalue weighted by Crippen LogP contribution is 2.15. The summed E-state index contributed by atoms with van der Waals surface area (Å²) < 4.78 is 5.00. The van der Waals surface area contributed by atoms with Gasteiger partial charge in [0.2, 0.25) is 5.88 Å². The lowest BCUT2D eigenvalue weighted by atomic mass is 10.2. The SMILES string of the molecule is COc1ccc(CNc2ccc(NC(N)=O)cc2)cn1. The number of benzene rings is 1. The van der Waals surface area contributed by atoms with Crippen LogP contribution in [0.15, 0.2) is 42.6 Å². The fraction of sp³-hybridized carbons (Fsp3) is 0.143. The van der Waals surface area contributed by atoms with Crippen molar-refractivity contribution >= 4 is 17.4 Å². The van der Waals surface area contributed by atoms with Crippen LogP contribution < -0.4 is 21.1 Å². The van der Waals surface area contributed by atoms with E-state index in [2.05, 4.69) is 15.6 Å². The summed E-state index contributed by atoms with van der Waals surface area (Å²) in [5.74, 6) is 0.593. The minimum atomic E-state index is -0.574. The van der Waals surface area contributed by atoms with Gasteiger partial charge < -0.3 is 21.1 Å². The van der Waals surface area contributed by atoms with E-state index in [1.165, 1.54) is 0 Å². The van der Waals surface area contributed by atoms with Crippen LogP contribution in [0.25, 0.3) is 0 Å². The third kappa shape index (κ3) is 3.88. The summed E-state index contributed by atoms with van der Waals surface area (Å²) in [7, 11) is 1.59. The largest absolute Gasteiger partial charge is 0.481 e. The number of anilines is 2. The Labute approximate surface area is 117 Å². The Hall–Kier alpha value is -2.76. The Kier molecular flexibility index (Phi) is 4.39. The van der Waals surface area contributed by atoms with Crippen LogP contribution in [0.5, 0.6) is 5.88 Å². The fourth-order valence-corrected chi connectivity index (χ4v) is 1.65. The number of hydrogen-bond acceptors (Lipinski definition) is 4. The summed E-state index contributed by atoms with van der Waals surface area (Å²) in [4.78, 5) is 14.8. The fourth-order valence-electron chi connectivity index (χ4n) is 1.65. The van der Waals surface area contributed by atoms with Crippen LogP contribution in [0, 0.1) is 0 Å². The highest BCUT2D eigenvalue weighted by atomic mass is 16.5. The molecular weight excluding hydrogens is 256 g/mol. The molecule has 104 valence electrons. The van der Waals surface area contributed by atoms with Gasteiger partial charge in [-0.1, -0.05) is 6.07 Å². The van der Waals surface area contributed by atoms with E-state index < -0.39 is 6.03 Å². The summed E-state index contributed by atoms with van der Waals surface area (Å²) in [6, 6.07) is 10.5. The summed E-state index contributed by atoms with van der Waals surface area (Å²) in [6.07, 6.45) is 1.76. The molecule has 0 atom stereocenters. The lowest BCUT2D eigenvalue weighted by Gasteiger charge is -2.08. The van der Waals surface area contributed by atoms with Crippen molar-refractivity contribution in [2.24, 2.45) is 5.73 Å². The number of carbonyl (C=O) groups excluding carboxylic acids is 1. The summed E-state index contributed by atoms with van der Waals surface area (Å²) in [6.45, 7) is 0.652. The maximum atomic E-state index is 10.7. The quantitative estimate of drug-likeness (QED) is 0.778. The van der Waals surface area contributed by atoms with E-state index in [1.807, 2.05) is 24.3 Å². The molecule has 2 rings (SSSR count). The Balaban J connectivity index is 1.91. The zero-order valence-corrected chi connectivity index (χ0v) is 11.1. The van der Waals surface area contributed by atoms with Crippen molar-refractivity contribution in [1.29, 1.82) is 0 Å². The van der Waals surface area contributed by atoms with Gasteiger partial charge in [0, 0.05) is 30.2 Å². The first-order chi connectivity index (χ1) is 9.67. The number of nitrogens with two attached hydrogens (primary N) is 1. The molecule has 0 fully saturated rings. The van der Waals surface area contributed by atoms with E-state index in [4.69, 9.17) is 10.5 Å². The Morgan fingerprint density at radius 1 is 1.20 bits per heavy atom. The van der Waals surface area contributed by atoms with Crippen molar-refractivity contribution < 1.29 is 9.53 Å². The number of rotatable bonds is 5. The van der Waals surface area contributed by atoms with E-state index >= 15 is 0 Å². The van der Waals surface area contributed by atoms with Crippen molar-refractivity contribution in [3.63, 3.8) is 0 Å². The number of nitrogens with one attached hydrogen (secondary N) is 2. The normalized spacial score (nSPS) is 9.85. The van der Waals surface area contributed by atoms with Crippen molar-refractivity contribution in [2.45, 2.75) is 6.54 Å². The number of urea groups is 1. The number of pyridine rings is 1. The molecule has 0 unspecified atom stereocenters. The number of carbonyl (C=O) groups is 1. The number of ether oxygens (including phenoxy) is 1. The molecule has 0 spiro atoms. The van der Waals surface area contributed by atoms with E-state index in [1.54, 1.807) is 25.4 Å². The Morgan fingerprint density at radius 2 is 1.90 bits per heavy atom. The molecule has 0 saturated carbocycles. The van der Waals surface area contributed by atoms with Crippen LogP contribution in [0.4, 0.5) is 16.2 Å². The molecule has 0 aliphatic rings. The van der Waals surface area contributed by atoms with Crippen molar-refractivity contribution in [3.8, 4) is 5.88 Å². The van der Waals surface area contributed by atoms with Gasteiger partial charge in [0.05, 0.1) is 7.11 Å². The first kappa shape index (κ1) is 13.7. The lowest BCUT2D eigenvalue weighted by Crippen LogP contribution is -2.19. The van der Waals surface area contributed by atoms with Crippen LogP contribution in [0.3, 0.4) is 0 Å². The van der Waals surface area contributed by atoms with E-state index in [0.29, 0.717) is 18.1 Å². The Bertz CT molecular complexity index is 567. The first-order valence-corrected chi connectivity index (χ1v) is 6.06. The lowest BCUT2D eigenvalue weighted by molar-refractivity contribution is 0.259. The van der Waals surface area contributed by atoms with Crippen LogP contribution in [0.1, 0.15) is 5.56 Å². The Morgan fingerprint density at radius 3 is 2.45 bits per heavy atom. The van der Waals surface area contributed by atoms with Crippen LogP contribution in [0.2, 0.25) is 0 Å². The molecule has 0 saturated heterocycles. The molecular formula is C14H16N4O2. The molecule has 6 nitrogen and oxygen atoms in total. The summed E-state index contributed by atoms with van der Waals surface area (Å²) in [5.41, 5.74) is 7.69. The maximum Gasteiger partial charge on any atom is 0.316 e. The van der Waals surface area contributed by atoms with Gasteiger partial charge in [0.25, 0.3) is 0 Å². The molecule has 2 amide bonds. The monoisotopic (exact) mass is 272 g/mol. The van der Waals surface area contributed by atoms with Gasteiger partial charge in [-0.05, 0) is 29.8 Å². The molecule has 0 aliphatic carbocycles. The molecule has 1 heterocycles. The van der Waals surface area contributed by atoms with Gasteiger partial charge in [0.15, 0.2) is 0 Å². The average Bonchev–Trinajstić information content (AvgIpc) is 2.46. The predicted molar refractivity (Wildman–Crippen MR) is 77.8 cm³/mol. The molecule has 20 heavy (non-hydrogen) atoms. The van der Waals surface area contributed by atoms with E-state index in [9.17, 15) is 4.79 Å². The van der Waals surface area contributed by atoms with Crippen molar-refractivity contribution in [1.82, 2.24) is 4.98 Å². The highest BCUT2D eigenvalue weighted by Gasteiger charge is 1.98. The van der Waals surface area contributed by atoms with E-state index in [-0.39, 0.29) is 0 Å². The molecule has 0 aliphatic heterocycles. The third-order valence-electron chi connectivity index (χ3n) is 2.66. The number of primary amides is 1. The smallest absolute Gasteiger partial charge is 0.316 e.